The minimum atomic E-state index is -0.134. The van der Waals surface area contributed by atoms with E-state index in [0.717, 1.165) is 14.2 Å². The zero-order chi connectivity index (χ0) is 13.1. The van der Waals surface area contributed by atoms with Crippen molar-refractivity contribution in [3.63, 3.8) is 0 Å². The van der Waals surface area contributed by atoms with E-state index in [4.69, 9.17) is 0 Å². The smallest absolute Gasteiger partial charge is 0.229 e. The van der Waals surface area contributed by atoms with E-state index in [-0.39, 0.29) is 11.7 Å². The van der Waals surface area contributed by atoms with Crippen LogP contribution in [0.3, 0.4) is 0 Å². The Balaban J connectivity index is 2.05. The van der Waals surface area contributed by atoms with E-state index < -0.39 is 0 Å². The molecule has 2 rings (SSSR count). The van der Waals surface area contributed by atoms with Crippen molar-refractivity contribution in [1.29, 1.82) is 0 Å². The van der Waals surface area contributed by atoms with E-state index in [1.165, 1.54) is 11.3 Å². The molecule has 2 N–H and O–H groups in total. The molecule has 94 valence electrons. The molecular weight excluding hydrogens is 314 g/mol. The fraction of sp³-hybridized carbons (Fsp3) is 0.154. The number of carbonyl (C=O) groups is 1. The average molecular weight is 326 g/mol. The van der Waals surface area contributed by atoms with E-state index in [1.54, 1.807) is 18.2 Å². The van der Waals surface area contributed by atoms with Gasteiger partial charge in [0.25, 0.3) is 0 Å². The van der Waals surface area contributed by atoms with Crippen LogP contribution in [-0.2, 0) is 11.2 Å². The molecule has 18 heavy (non-hydrogen) atoms. The number of amides is 1. The first-order valence-corrected chi connectivity index (χ1v) is 6.99. The van der Waals surface area contributed by atoms with Crippen LogP contribution in [0.15, 0.2) is 34.1 Å². The fourth-order valence-corrected chi connectivity index (χ4v) is 3.03. The van der Waals surface area contributed by atoms with E-state index >= 15 is 0 Å². The molecule has 0 unspecified atom stereocenters. The van der Waals surface area contributed by atoms with Gasteiger partial charge in [0.2, 0.25) is 5.91 Å². The molecule has 0 spiro atoms. The highest BCUT2D eigenvalue weighted by molar-refractivity contribution is 9.11. The fourth-order valence-electron chi connectivity index (χ4n) is 1.55. The van der Waals surface area contributed by atoms with Crippen LogP contribution in [0.4, 0.5) is 5.69 Å². The van der Waals surface area contributed by atoms with Gasteiger partial charge in [0.15, 0.2) is 0 Å². The van der Waals surface area contributed by atoms with Gasteiger partial charge in [0.05, 0.1) is 15.9 Å². The molecule has 0 radical (unpaired) electrons. The summed E-state index contributed by atoms with van der Waals surface area (Å²) in [6.07, 6.45) is 0.309. The lowest BCUT2D eigenvalue weighted by Gasteiger charge is -2.07. The molecule has 0 fully saturated rings. The monoisotopic (exact) mass is 325 g/mol. The maximum atomic E-state index is 11.8. The second-order valence-electron chi connectivity index (χ2n) is 3.95. The second kappa shape index (κ2) is 5.54. The number of hydrogen-bond donors (Lipinski definition) is 2. The van der Waals surface area contributed by atoms with Gasteiger partial charge in [-0.25, -0.2) is 0 Å². The van der Waals surface area contributed by atoms with Gasteiger partial charge in [-0.1, -0.05) is 6.07 Å². The molecule has 5 heteroatoms. The van der Waals surface area contributed by atoms with Crippen molar-refractivity contribution >= 4 is 38.9 Å². The third-order valence-electron chi connectivity index (χ3n) is 2.39. The van der Waals surface area contributed by atoms with Crippen LogP contribution in [0.5, 0.6) is 5.75 Å². The number of nitrogens with one attached hydrogen (secondary N) is 1. The van der Waals surface area contributed by atoms with Crippen LogP contribution in [0.1, 0.15) is 10.4 Å². The molecule has 0 atom stereocenters. The Morgan fingerprint density at radius 3 is 2.83 bits per heavy atom. The number of carbonyl (C=O) groups excluding carboxylic acids is 1. The highest BCUT2D eigenvalue weighted by Crippen LogP contribution is 2.25. The summed E-state index contributed by atoms with van der Waals surface area (Å²) in [5.41, 5.74) is 1.44. The maximum absolute atomic E-state index is 11.8. The highest BCUT2D eigenvalue weighted by atomic mass is 79.9. The Morgan fingerprint density at radius 2 is 2.17 bits per heavy atom. The van der Waals surface area contributed by atoms with Crippen molar-refractivity contribution in [2.45, 2.75) is 13.3 Å². The zero-order valence-corrected chi connectivity index (χ0v) is 12.1. The Bertz CT molecular complexity index is 580. The van der Waals surface area contributed by atoms with Gasteiger partial charge in [-0.2, -0.15) is 0 Å². The van der Waals surface area contributed by atoms with Gasteiger partial charge in [-0.15, -0.1) is 11.3 Å². The van der Waals surface area contributed by atoms with Crippen molar-refractivity contribution < 1.29 is 9.90 Å². The molecule has 0 aliphatic heterocycles. The minimum Gasteiger partial charge on any atom is -0.506 e. The van der Waals surface area contributed by atoms with Crippen LogP contribution in [0, 0.1) is 6.92 Å². The predicted octanol–water partition coefficient (Wildman–Crippen LogP) is 3.71. The van der Waals surface area contributed by atoms with Crippen molar-refractivity contribution in [1.82, 2.24) is 0 Å². The largest absolute Gasteiger partial charge is 0.506 e. The number of halogens is 1. The third-order valence-corrected chi connectivity index (χ3v) is 4.01. The Hall–Kier alpha value is -1.33. The lowest BCUT2D eigenvalue weighted by molar-refractivity contribution is -0.115. The normalized spacial score (nSPS) is 10.3. The molecule has 1 aromatic carbocycles. The number of aromatic hydroxyl groups is 1. The Morgan fingerprint density at radius 1 is 1.39 bits per heavy atom. The van der Waals surface area contributed by atoms with Crippen LogP contribution >= 0.6 is 27.3 Å². The first-order chi connectivity index (χ1) is 8.54. The number of rotatable bonds is 3. The van der Waals surface area contributed by atoms with Crippen molar-refractivity contribution in [3.05, 3.63) is 44.6 Å². The molecule has 1 aromatic heterocycles. The number of thiophene rings is 1. The Kier molecular flexibility index (Phi) is 4.04. The number of anilines is 1. The number of aryl methyl sites for hydroxylation is 1. The number of phenolic OH excluding ortho intramolecular Hbond substituents is 1. The minimum absolute atomic E-state index is 0.0845. The summed E-state index contributed by atoms with van der Waals surface area (Å²) in [4.78, 5) is 12.8. The summed E-state index contributed by atoms with van der Waals surface area (Å²) in [7, 11) is 0. The van der Waals surface area contributed by atoms with E-state index in [9.17, 15) is 9.90 Å². The van der Waals surface area contributed by atoms with Gasteiger partial charge in [0.1, 0.15) is 5.75 Å². The van der Waals surface area contributed by atoms with Gasteiger partial charge in [-0.3, -0.25) is 4.79 Å². The van der Waals surface area contributed by atoms with Gasteiger partial charge < -0.3 is 10.4 Å². The van der Waals surface area contributed by atoms with Crippen LogP contribution in [0.25, 0.3) is 0 Å². The molecule has 0 aliphatic rings. The number of hydrogen-bond acceptors (Lipinski definition) is 3. The second-order valence-corrected chi connectivity index (χ2v) is 6.50. The molecule has 1 heterocycles. The van der Waals surface area contributed by atoms with E-state index in [1.807, 2.05) is 19.1 Å². The molecular formula is C13H12BrNO2S. The molecule has 3 nitrogen and oxygen atoms in total. The molecule has 2 aromatic rings. The Labute approximate surface area is 118 Å². The van der Waals surface area contributed by atoms with E-state index in [2.05, 4.69) is 21.2 Å². The van der Waals surface area contributed by atoms with Gasteiger partial charge in [0, 0.05) is 4.88 Å². The predicted molar refractivity (Wildman–Crippen MR) is 77.2 cm³/mol. The molecule has 1 amide bonds. The van der Waals surface area contributed by atoms with Crippen molar-refractivity contribution in [2.24, 2.45) is 0 Å². The molecule has 0 saturated heterocycles. The molecule has 0 saturated carbocycles. The molecule has 0 aliphatic carbocycles. The summed E-state index contributed by atoms with van der Waals surface area (Å²) in [5.74, 6) is -0.0495. The van der Waals surface area contributed by atoms with Gasteiger partial charge in [-0.05, 0) is 52.7 Å². The maximum Gasteiger partial charge on any atom is 0.229 e. The SMILES string of the molecule is Cc1ccc(O)c(NC(=O)Cc2ccc(Br)s2)c1. The number of phenols is 1. The highest BCUT2D eigenvalue weighted by Gasteiger charge is 2.09. The summed E-state index contributed by atoms with van der Waals surface area (Å²) >= 11 is 4.88. The topological polar surface area (TPSA) is 49.3 Å². The van der Waals surface area contributed by atoms with Gasteiger partial charge >= 0.3 is 0 Å². The summed E-state index contributed by atoms with van der Waals surface area (Å²) in [5, 5.41) is 12.3. The lowest BCUT2D eigenvalue weighted by Crippen LogP contribution is -2.13. The van der Waals surface area contributed by atoms with Crippen LogP contribution in [-0.4, -0.2) is 11.0 Å². The zero-order valence-electron chi connectivity index (χ0n) is 9.74. The van der Waals surface area contributed by atoms with E-state index in [0.29, 0.717) is 12.1 Å². The summed E-state index contributed by atoms with van der Waals surface area (Å²) < 4.78 is 1.00. The van der Waals surface area contributed by atoms with Crippen molar-refractivity contribution in [3.8, 4) is 5.75 Å². The van der Waals surface area contributed by atoms with Crippen LogP contribution in [0.2, 0.25) is 0 Å². The summed E-state index contributed by atoms with van der Waals surface area (Å²) in [6, 6.07) is 8.94. The first-order valence-electron chi connectivity index (χ1n) is 5.38. The average Bonchev–Trinajstić information content (AvgIpc) is 2.69. The first kappa shape index (κ1) is 13.1. The quantitative estimate of drug-likeness (QED) is 0.845. The number of benzene rings is 1. The third kappa shape index (κ3) is 3.34. The van der Waals surface area contributed by atoms with Crippen molar-refractivity contribution in [2.75, 3.05) is 5.32 Å². The standard InChI is InChI=1S/C13H12BrNO2S/c1-8-2-4-11(16)10(6-8)15-13(17)7-9-3-5-12(14)18-9/h2-6,16H,7H2,1H3,(H,15,17). The van der Waals surface area contributed by atoms with Crippen LogP contribution < -0.4 is 5.32 Å². The lowest BCUT2D eigenvalue weighted by atomic mass is 10.2. The summed E-state index contributed by atoms with van der Waals surface area (Å²) in [6.45, 7) is 1.91. The molecule has 0 bridgehead atoms.